The standard InChI is InChI=1S/C19H24N2O4S/c1-26(23,24)14-11-17(20)19(22)21-12-13-25-18-10-6-5-9-16(18)15-7-3-2-4-8-15/h2-10,17H,11-14,20H2,1H3,(H,21,22). The molecule has 0 saturated carbocycles. The normalized spacial score (nSPS) is 12.4. The van der Waals surface area contributed by atoms with Crippen LogP contribution in [0.15, 0.2) is 54.6 Å². The zero-order chi connectivity index (χ0) is 19.0. The largest absolute Gasteiger partial charge is 0.491 e. The van der Waals surface area contributed by atoms with Crippen LogP contribution in [-0.4, -0.2) is 45.5 Å². The number of nitrogens with two attached hydrogens (primary N) is 1. The summed E-state index contributed by atoms with van der Waals surface area (Å²) in [7, 11) is -3.13. The lowest BCUT2D eigenvalue weighted by atomic mass is 10.1. The molecular formula is C19H24N2O4S. The van der Waals surface area contributed by atoms with Gasteiger partial charge in [-0.1, -0.05) is 48.5 Å². The summed E-state index contributed by atoms with van der Waals surface area (Å²) in [6, 6.07) is 16.7. The minimum Gasteiger partial charge on any atom is -0.491 e. The molecule has 0 fully saturated rings. The van der Waals surface area contributed by atoms with Gasteiger partial charge in [0, 0.05) is 11.8 Å². The monoisotopic (exact) mass is 376 g/mol. The Bertz CT molecular complexity index is 822. The van der Waals surface area contributed by atoms with Crippen LogP contribution in [0.4, 0.5) is 0 Å². The van der Waals surface area contributed by atoms with Gasteiger partial charge < -0.3 is 15.8 Å². The van der Waals surface area contributed by atoms with Crippen molar-refractivity contribution < 1.29 is 17.9 Å². The number of ether oxygens (including phenoxy) is 1. The van der Waals surface area contributed by atoms with E-state index >= 15 is 0 Å². The van der Waals surface area contributed by atoms with Crippen LogP contribution in [0.2, 0.25) is 0 Å². The molecular weight excluding hydrogens is 352 g/mol. The number of hydrogen-bond donors (Lipinski definition) is 2. The van der Waals surface area contributed by atoms with Gasteiger partial charge in [0.15, 0.2) is 0 Å². The van der Waals surface area contributed by atoms with E-state index in [1.54, 1.807) is 0 Å². The first-order valence-electron chi connectivity index (χ1n) is 8.35. The number of nitrogens with one attached hydrogen (secondary N) is 1. The van der Waals surface area contributed by atoms with Crippen LogP contribution in [0, 0.1) is 0 Å². The number of carbonyl (C=O) groups excluding carboxylic acids is 1. The van der Waals surface area contributed by atoms with E-state index in [9.17, 15) is 13.2 Å². The minimum absolute atomic E-state index is 0.0996. The molecule has 0 heterocycles. The molecule has 0 aromatic heterocycles. The second kappa shape index (κ2) is 9.35. The van der Waals surface area contributed by atoms with Gasteiger partial charge in [-0.3, -0.25) is 4.79 Å². The fraction of sp³-hybridized carbons (Fsp3) is 0.316. The van der Waals surface area contributed by atoms with Crippen LogP contribution in [0.3, 0.4) is 0 Å². The maximum absolute atomic E-state index is 11.9. The van der Waals surface area contributed by atoms with Crippen LogP contribution in [0.25, 0.3) is 11.1 Å². The van der Waals surface area contributed by atoms with Gasteiger partial charge in [0.1, 0.15) is 22.2 Å². The third-order valence-corrected chi connectivity index (χ3v) is 4.74. The van der Waals surface area contributed by atoms with Crippen molar-refractivity contribution in [3.05, 3.63) is 54.6 Å². The molecule has 3 N–H and O–H groups in total. The van der Waals surface area contributed by atoms with E-state index in [0.717, 1.165) is 23.1 Å². The van der Waals surface area contributed by atoms with Crippen molar-refractivity contribution >= 4 is 15.7 Å². The Kier molecular flexibility index (Phi) is 7.17. The molecule has 0 saturated heterocycles. The zero-order valence-electron chi connectivity index (χ0n) is 14.7. The number of rotatable bonds is 9. The van der Waals surface area contributed by atoms with Crippen molar-refractivity contribution in [3.8, 4) is 16.9 Å². The minimum atomic E-state index is -3.13. The van der Waals surface area contributed by atoms with Crippen LogP contribution in [0.5, 0.6) is 5.75 Å². The van der Waals surface area contributed by atoms with E-state index in [0.29, 0.717) is 0 Å². The smallest absolute Gasteiger partial charge is 0.237 e. The first-order valence-corrected chi connectivity index (χ1v) is 10.4. The lowest BCUT2D eigenvalue weighted by Gasteiger charge is -2.14. The Morgan fingerprint density at radius 1 is 1.12 bits per heavy atom. The molecule has 7 heteroatoms. The van der Waals surface area contributed by atoms with E-state index in [2.05, 4.69) is 5.32 Å². The van der Waals surface area contributed by atoms with Crippen molar-refractivity contribution in [1.29, 1.82) is 0 Å². The molecule has 0 bridgehead atoms. The molecule has 1 amide bonds. The summed E-state index contributed by atoms with van der Waals surface area (Å²) in [5, 5.41) is 2.66. The first-order chi connectivity index (χ1) is 12.4. The molecule has 2 aromatic carbocycles. The average molecular weight is 376 g/mol. The number of hydrogen-bond acceptors (Lipinski definition) is 5. The van der Waals surface area contributed by atoms with Gasteiger partial charge in [0.2, 0.25) is 5.91 Å². The molecule has 140 valence electrons. The summed E-state index contributed by atoms with van der Waals surface area (Å²) in [6.07, 6.45) is 1.22. The van der Waals surface area contributed by atoms with E-state index in [-0.39, 0.29) is 31.2 Å². The lowest BCUT2D eigenvalue weighted by Crippen LogP contribution is -2.42. The molecule has 0 aliphatic heterocycles. The van der Waals surface area contributed by atoms with Gasteiger partial charge >= 0.3 is 0 Å². The van der Waals surface area contributed by atoms with Crippen molar-refractivity contribution in [1.82, 2.24) is 5.32 Å². The Labute approximate surface area is 154 Å². The summed E-state index contributed by atoms with van der Waals surface area (Å²) in [4.78, 5) is 11.9. The summed E-state index contributed by atoms with van der Waals surface area (Å²) in [5.74, 6) is 0.241. The molecule has 26 heavy (non-hydrogen) atoms. The van der Waals surface area contributed by atoms with E-state index in [1.807, 2.05) is 54.6 Å². The highest BCUT2D eigenvalue weighted by atomic mass is 32.2. The molecule has 1 atom stereocenters. The van der Waals surface area contributed by atoms with Crippen LogP contribution < -0.4 is 15.8 Å². The summed E-state index contributed by atoms with van der Waals surface area (Å²) in [5.41, 5.74) is 7.73. The topological polar surface area (TPSA) is 98.5 Å². The van der Waals surface area contributed by atoms with Crippen molar-refractivity contribution in [3.63, 3.8) is 0 Å². The van der Waals surface area contributed by atoms with Crippen molar-refractivity contribution in [2.24, 2.45) is 5.73 Å². The van der Waals surface area contributed by atoms with E-state index < -0.39 is 15.9 Å². The maximum atomic E-state index is 11.9. The fourth-order valence-corrected chi connectivity index (χ4v) is 3.07. The third-order valence-electron chi connectivity index (χ3n) is 3.77. The number of amides is 1. The maximum Gasteiger partial charge on any atom is 0.237 e. The highest BCUT2D eigenvalue weighted by molar-refractivity contribution is 7.90. The first kappa shape index (κ1) is 19.9. The Hall–Kier alpha value is -2.38. The summed E-state index contributed by atoms with van der Waals surface area (Å²) < 4.78 is 28.0. The molecule has 1 unspecified atom stereocenters. The number of benzene rings is 2. The van der Waals surface area contributed by atoms with Crippen LogP contribution >= 0.6 is 0 Å². The van der Waals surface area contributed by atoms with Gasteiger partial charge in [0.25, 0.3) is 0 Å². The molecule has 2 aromatic rings. The summed E-state index contributed by atoms with van der Waals surface area (Å²) >= 11 is 0. The number of para-hydroxylation sites is 1. The van der Waals surface area contributed by atoms with Gasteiger partial charge in [-0.05, 0) is 18.1 Å². The molecule has 0 aliphatic carbocycles. The van der Waals surface area contributed by atoms with Gasteiger partial charge in [0.05, 0.1) is 18.3 Å². The van der Waals surface area contributed by atoms with Crippen LogP contribution in [0.1, 0.15) is 6.42 Å². The Balaban J connectivity index is 1.83. The zero-order valence-corrected chi connectivity index (χ0v) is 15.5. The van der Waals surface area contributed by atoms with Gasteiger partial charge in [-0.15, -0.1) is 0 Å². The van der Waals surface area contributed by atoms with Gasteiger partial charge in [-0.2, -0.15) is 0 Å². The molecule has 2 rings (SSSR count). The molecule has 6 nitrogen and oxygen atoms in total. The van der Waals surface area contributed by atoms with Crippen LogP contribution in [-0.2, 0) is 14.6 Å². The SMILES string of the molecule is CS(=O)(=O)CCC(N)C(=O)NCCOc1ccccc1-c1ccccc1. The highest BCUT2D eigenvalue weighted by Crippen LogP contribution is 2.29. The van der Waals surface area contributed by atoms with E-state index in [4.69, 9.17) is 10.5 Å². The molecule has 0 radical (unpaired) electrons. The quantitative estimate of drug-likeness (QED) is 0.648. The molecule has 0 spiro atoms. The number of carbonyl (C=O) groups is 1. The van der Waals surface area contributed by atoms with E-state index in [1.165, 1.54) is 0 Å². The fourth-order valence-electron chi connectivity index (χ4n) is 2.39. The van der Waals surface area contributed by atoms with Gasteiger partial charge in [-0.25, -0.2) is 8.42 Å². The van der Waals surface area contributed by atoms with Crippen molar-refractivity contribution in [2.45, 2.75) is 12.5 Å². The molecule has 0 aliphatic rings. The summed E-state index contributed by atoms with van der Waals surface area (Å²) in [6.45, 7) is 0.572. The lowest BCUT2D eigenvalue weighted by molar-refractivity contribution is -0.122. The second-order valence-electron chi connectivity index (χ2n) is 6.03. The van der Waals surface area contributed by atoms with Crippen molar-refractivity contribution in [2.75, 3.05) is 25.2 Å². The predicted molar refractivity (Wildman–Crippen MR) is 103 cm³/mol. The number of sulfone groups is 1. The average Bonchev–Trinajstić information content (AvgIpc) is 2.63. The Morgan fingerprint density at radius 2 is 1.77 bits per heavy atom. The predicted octanol–water partition coefficient (Wildman–Crippen LogP) is 1.61. The second-order valence-corrected chi connectivity index (χ2v) is 8.29. The highest BCUT2D eigenvalue weighted by Gasteiger charge is 2.15. The Morgan fingerprint density at radius 3 is 2.46 bits per heavy atom. The third kappa shape index (κ3) is 6.50.